The topological polar surface area (TPSA) is 81.3 Å². The van der Waals surface area contributed by atoms with Crippen molar-refractivity contribution in [3.8, 4) is 0 Å². The summed E-state index contributed by atoms with van der Waals surface area (Å²) in [7, 11) is 0. The van der Waals surface area contributed by atoms with Gasteiger partial charge in [0, 0.05) is 13.0 Å². The van der Waals surface area contributed by atoms with E-state index in [2.05, 4.69) is 5.10 Å². The van der Waals surface area contributed by atoms with Gasteiger partial charge in [-0.05, 0) is 31.5 Å². The lowest BCUT2D eigenvalue weighted by Crippen LogP contribution is -2.31. The molecule has 27 heavy (non-hydrogen) atoms. The molecule has 1 aromatic carbocycles. The third-order valence-electron chi connectivity index (χ3n) is 4.20. The number of nitrogens with zero attached hydrogens (tertiary/aromatic N) is 2. The molecule has 2 heterocycles. The second kappa shape index (κ2) is 8.64. The lowest BCUT2D eigenvalue weighted by molar-refractivity contribution is -0.156. The fraction of sp³-hybridized carbons (Fsp3) is 0.350. The van der Waals surface area contributed by atoms with Crippen molar-refractivity contribution < 1.29 is 23.5 Å². The Hall–Kier alpha value is -2.93. The van der Waals surface area contributed by atoms with Gasteiger partial charge in [0.15, 0.2) is 6.61 Å². The van der Waals surface area contributed by atoms with E-state index in [0.29, 0.717) is 18.8 Å². The highest BCUT2D eigenvalue weighted by atomic mass is 16.6. The molecule has 0 fully saturated rings. The molecule has 0 radical (unpaired) electrons. The Bertz CT molecular complexity index is 811. The average molecular weight is 370 g/mol. The minimum atomic E-state index is -0.582. The Morgan fingerprint density at radius 3 is 2.67 bits per heavy atom. The van der Waals surface area contributed by atoms with Gasteiger partial charge in [-0.15, -0.1) is 0 Å². The van der Waals surface area contributed by atoms with Gasteiger partial charge in [0.05, 0.1) is 12.0 Å². The maximum Gasteiger partial charge on any atom is 0.332 e. The van der Waals surface area contributed by atoms with E-state index in [1.165, 1.54) is 5.01 Å². The second-order valence-corrected chi connectivity index (χ2v) is 6.18. The molecule has 3 rings (SSSR count). The monoisotopic (exact) mass is 370 g/mol. The summed E-state index contributed by atoms with van der Waals surface area (Å²) in [6.45, 7) is 3.62. The highest BCUT2D eigenvalue weighted by Gasteiger charge is 2.35. The minimum Gasteiger partial charge on any atom is -0.467 e. The number of amides is 1. The molecule has 0 aliphatic carbocycles. The number of benzene rings is 1. The SMILES string of the molecule is CCOCC(=O)OCC(=O)N1N=C(c2ccc(C)cc2)C[C@H]1c1ccco1. The molecule has 7 nitrogen and oxygen atoms in total. The van der Waals surface area contributed by atoms with Crippen LogP contribution in [0, 0.1) is 6.92 Å². The zero-order valence-corrected chi connectivity index (χ0v) is 15.4. The van der Waals surface area contributed by atoms with E-state index in [9.17, 15) is 9.59 Å². The number of esters is 1. The summed E-state index contributed by atoms with van der Waals surface area (Å²) in [6.07, 6.45) is 2.08. The first kappa shape index (κ1) is 18.8. The molecule has 1 aliphatic rings. The number of carbonyl (C=O) groups excluding carboxylic acids is 2. The van der Waals surface area contributed by atoms with Crippen LogP contribution in [0.2, 0.25) is 0 Å². The predicted octanol–water partition coefficient (Wildman–Crippen LogP) is 2.85. The molecule has 0 bridgehead atoms. The fourth-order valence-corrected chi connectivity index (χ4v) is 2.80. The van der Waals surface area contributed by atoms with Crippen molar-refractivity contribution in [2.24, 2.45) is 5.10 Å². The smallest absolute Gasteiger partial charge is 0.332 e. The van der Waals surface area contributed by atoms with Gasteiger partial charge in [-0.1, -0.05) is 29.8 Å². The summed E-state index contributed by atoms with van der Waals surface area (Å²) in [4.78, 5) is 24.2. The number of carbonyl (C=O) groups is 2. The lowest BCUT2D eigenvalue weighted by Gasteiger charge is -2.19. The summed E-state index contributed by atoms with van der Waals surface area (Å²) in [5, 5.41) is 5.82. The van der Waals surface area contributed by atoms with Crippen molar-refractivity contribution in [2.75, 3.05) is 19.8 Å². The van der Waals surface area contributed by atoms with Gasteiger partial charge in [-0.3, -0.25) is 4.79 Å². The van der Waals surface area contributed by atoms with Crippen LogP contribution in [0.5, 0.6) is 0 Å². The molecule has 1 aromatic heterocycles. The van der Waals surface area contributed by atoms with E-state index in [-0.39, 0.29) is 12.6 Å². The maximum atomic E-state index is 12.6. The van der Waals surface area contributed by atoms with Gasteiger partial charge >= 0.3 is 5.97 Å². The van der Waals surface area contributed by atoms with Crippen molar-refractivity contribution in [3.63, 3.8) is 0 Å². The van der Waals surface area contributed by atoms with Crippen LogP contribution in [0.15, 0.2) is 52.2 Å². The Morgan fingerprint density at radius 2 is 2.00 bits per heavy atom. The average Bonchev–Trinajstić information content (AvgIpc) is 3.34. The van der Waals surface area contributed by atoms with Crippen LogP contribution in [0.1, 0.15) is 36.3 Å². The van der Waals surface area contributed by atoms with Crippen LogP contribution in [0.25, 0.3) is 0 Å². The van der Waals surface area contributed by atoms with Gasteiger partial charge in [-0.25, -0.2) is 9.80 Å². The van der Waals surface area contributed by atoms with Crippen molar-refractivity contribution in [1.82, 2.24) is 5.01 Å². The quantitative estimate of drug-likeness (QED) is 0.700. The second-order valence-electron chi connectivity index (χ2n) is 6.18. The molecule has 0 spiro atoms. The molecule has 1 amide bonds. The van der Waals surface area contributed by atoms with Gasteiger partial charge < -0.3 is 13.9 Å². The predicted molar refractivity (Wildman–Crippen MR) is 98.1 cm³/mol. The normalized spacial score (nSPS) is 16.3. The zero-order chi connectivity index (χ0) is 19.2. The fourth-order valence-electron chi connectivity index (χ4n) is 2.80. The van der Waals surface area contributed by atoms with Crippen LogP contribution >= 0.6 is 0 Å². The van der Waals surface area contributed by atoms with Gasteiger partial charge in [0.2, 0.25) is 0 Å². The number of hydrogen-bond donors (Lipinski definition) is 0. The van der Waals surface area contributed by atoms with Crippen molar-refractivity contribution in [1.29, 1.82) is 0 Å². The largest absolute Gasteiger partial charge is 0.467 e. The number of ether oxygens (including phenoxy) is 2. The highest BCUT2D eigenvalue weighted by Crippen LogP contribution is 2.33. The van der Waals surface area contributed by atoms with Crippen molar-refractivity contribution >= 4 is 17.6 Å². The number of hydrogen-bond acceptors (Lipinski definition) is 6. The van der Waals surface area contributed by atoms with E-state index < -0.39 is 18.5 Å². The van der Waals surface area contributed by atoms with Gasteiger partial charge in [-0.2, -0.15) is 5.10 Å². The number of aryl methyl sites for hydroxylation is 1. The first-order valence-corrected chi connectivity index (χ1v) is 8.82. The van der Waals surface area contributed by atoms with E-state index >= 15 is 0 Å². The maximum absolute atomic E-state index is 12.6. The summed E-state index contributed by atoms with van der Waals surface area (Å²) >= 11 is 0. The third kappa shape index (κ3) is 4.62. The molecule has 0 N–H and O–H groups in total. The molecular weight excluding hydrogens is 348 g/mol. The number of rotatable bonds is 7. The summed E-state index contributed by atoms with van der Waals surface area (Å²) in [6, 6.07) is 11.2. The molecule has 0 saturated carbocycles. The first-order chi connectivity index (χ1) is 13.1. The summed E-state index contributed by atoms with van der Waals surface area (Å²) in [5.41, 5.74) is 2.88. The molecule has 7 heteroatoms. The Balaban J connectivity index is 1.74. The molecule has 2 aromatic rings. The lowest BCUT2D eigenvalue weighted by atomic mass is 10.0. The highest BCUT2D eigenvalue weighted by molar-refractivity contribution is 6.03. The number of furan rings is 1. The number of hydrazone groups is 1. The Labute approximate surface area is 157 Å². The standard InChI is InChI=1S/C20H22N2O5/c1-3-25-13-20(24)27-12-19(23)22-17(18-5-4-10-26-18)11-16(21-22)15-8-6-14(2)7-9-15/h4-10,17H,3,11-13H2,1-2H3/t17-/m0/s1. The van der Waals surface area contributed by atoms with Gasteiger partial charge in [0.25, 0.3) is 5.91 Å². The van der Waals surface area contributed by atoms with E-state index in [0.717, 1.165) is 16.8 Å². The molecule has 0 saturated heterocycles. The van der Waals surface area contributed by atoms with Crippen LogP contribution in [-0.4, -0.2) is 42.4 Å². The molecule has 142 valence electrons. The molecular formula is C20H22N2O5. The van der Waals surface area contributed by atoms with Crippen LogP contribution in [0.4, 0.5) is 0 Å². The summed E-state index contributed by atoms with van der Waals surface area (Å²) < 4.78 is 15.4. The van der Waals surface area contributed by atoms with E-state index in [4.69, 9.17) is 13.9 Å². The minimum absolute atomic E-state index is 0.177. The van der Waals surface area contributed by atoms with Crippen molar-refractivity contribution in [2.45, 2.75) is 26.3 Å². The zero-order valence-electron chi connectivity index (χ0n) is 15.4. The third-order valence-corrected chi connectivity index (χ3v) is 4.20. The first-order valence-electron chi connectivity index (χ1n) is 8.82. The molecule has 1 aliphatic heterocycles. The Morgan fingerprint density at radius 1 is 1.22 bits per heavy atom. The van der Waals surface area contributed by atoms with Crippen LogP contribution in [0.3, 0.4) is 0 Å². The van der Waals surface area contributed by atoms with Crippen LogP contribution in [-0.2, 0) is 19.1 Å². The Kier molecular flexibility index (Phi) is 6.03. The molecule has 1 atom stereocenters. The van der Waals surface area contributed by atoms with Gasteiger partial charge in [0.1, 0.15) is 18.4 Å². The van der Waals surface area contributed by atoms with Crippen molar-refractivity contribution in [3.05, 3.63) is 59.5 Å². The van der Waals surface area contributed by atoms with Crippen LogP contribution < -0.4 is 0 Å². The molecule has 0 unspecified atom stereocenters. The van der Waals surface area contributed by atoms with E-state index in [1.807, 2.05) is 31.2 Å². The van der Waals surface area contributed by atoms with E-state index in [1.54, 1.807) is 25.3 Å². The summed E-state index contributed by atoms with van der Waals surface area (Å²) in [5.74, 6) is -0.361.